The van der Waals surface area contributed by atoms with Crippen molar-refractivity contribution in [1.82, 2.24) is 25.9 Å². The number of carboxylic acids is 1. The molecular weight excluding hydrogens is 472 g/mol. The Balaban J connectivity index is 3.05. The van der Waals surface area contributed by atoms with Gasteiger partial charge in [0.2, 0.25) is 23.6 Å². The predicted molar refractivity (Wildman–Crippen MR) is 130 cm³/mol. The number of carbonyl (C=O) groups excluding carboxylic acids is 4. The summed E-state index contributed by atoms with van der Waals surface area (Å²) in [6, 6.07) is -4.42. The van der Waals surface area contributed by atoms with Gasteiger partial charge in [0.1, 0.15) is 18.1 Å². The lowest BCUT2D eigenvalue weighted by Crippen LogP contribution is -2.58. The third kappa shape index (κ3) is 10.8. The summed E-state index contributed by atoms with van der Waals surface area (Å²) in [5, 5.41) is 17.0. The Bertz CT molecular complexity index is 876. The number of aromatic amines is 1. The number of nitrogens with zero attached hydrogens (tertiary/aromatic N) is 1. The first-order valence-corrected chi connectivity index (χ1v) is 11.8. The molecular formula is C22H38N8O6. The maximum absolute atomic E-state index is 13.2. The van der Waals surface area contributed by atoms with Crippen LogP contribution in [0.3, 0.4) is 0 Å². The summed E-state index contributed by atoms with van der Waals surface area (Å²) in [6.07, 6.45) is 3.75. The van der Waals surface area contributed by atoms with E-state index in [2.05, 4.69) is 25.9 Å². The zero-order chi connectivity index (χ0) is 27.3. The van der Waals surface area contributed by atoms with E-state index in [0.29, 0.717) is 25.1 Å². The van der Waals surface area contributed by atoms with Crippen LogP contribution >= 0.6 is 0 Å². The minimum atomic E-state index is -1.37. The van der Waals surface area contributed by atoms with Gasteiger partial charge in [0.25, 0.3) is 0 Å². The molecule has 1 aromatic rings. The zero-order valence-corrected chi connectivity index (χ0v) is 20.7. The van der Waals surface area contributed by atoms with E-state index in [1.807, 2.05) is 0 Å². The summed E-state index contributed by atoms with van der Waals surface area (Å²) in [4.78, 5) is 68.0. The second-order valence-corrected chi connectivity index (χ2v) is 8.86. The van der Waals surface area contributed by atoms with E-state index in [0.717, 1.165) is 0 Å². The molecule has 14 nitrogen and oxygen atoms in total. The zero-order valence-electron chi connectivity index (χ0n) is 20.7. The Hall–Kier alpha value is -3.52. The molecule has 36 heavy (non-hydrogen) atoms. The second-order valence-electron chi connectivity index (χ2n) is 8.86. The number of H-pyrrole nitrogens is 1. The first-order valence-electron chi connectivity index (χ1n) is 11.8. The fourth-order valence-electron chi connectivity index (χ4n) is 3.25. The molecule has 1 heterocycles. The highest BCUT2D eigenvalue weighted by atomic mass is 16.4. The second kappa shape index (κ2) is 15.5. The number of aromatic nitrogens is 2. The Morgan fingerprint density at radius 3 is 2.11 bits per heavy atom. The van der Waals surface area contributed by atoms with Crippen molar-refractivity contribution >= 4 is 29.6 Å². The highest BCUT2D eigenvalue weighted by Gasteiger charge is 2.31. The van der Waals surface area contributed by atoms with Crippen LogP contribution < -0.4 is 33.2 Å². The van der Waals surface area contributed by atoms with Crippen molar-refractivity contribution in [3.63, 3.8) is 0 Å². The summed E-state index contributed by atoms with van der Waals surface area (Å²) >= 11 is 0. The number of rotatable bonds is 17. The fraction of sp³-hybridized carbons (Fsp3) is 0.636. The largest absolute Gasteiger partial charge is 0.480 e. The molecule has 1 rings (SSSR count). The quantitative estimate of drug-likeness (QED) is 0.106. The summed E-state index contributed by atoms with van der Waals surface area (Å²) in [7, 11) is 0. The lowest BCUT2D eigenvalue weighted by atomic mass is 10.0. The number of aliphatic carboxylic acids is 1. The number of unbranched alkanes of at least 4 members (excludes halogenated alkanes) is 1. The highest BCUT2D eigenvalue weighted by molar-refractivity contribution is 5.94. The minimum absolute atomic E-state index is 0.0515. The van der Waals surface area contributed by atoms with Crippen molar-refractivity contribution in [1.29, 1.82) is 0 Å². The summed E-state index contributed by atoms with van der Waals surface area (Å²) in [5.74, 6) is -4.17. The molecule has 0 radical (unpaired) electrons. The molecule has 202 valence electrons. The third-order valence-electron chi connectivity index (χ3n) is 5.51. The molecule has 4 unspecified atom stereocenters. The van der Waals surface area contributed by atoms with Gasteiger partial charge >= 0.3 is 5.97 Å². The first kappa shape index (κ1) is 30.5. The van der Waals surface area contributed by atoms with Crippen molar-refractivity contribution in [2.75, 3.05) is 6.54 Å². The van der Waals surface area contributed by atoms with E-state index < -0.39 is 53.8 Å². The first-order chi connectivity index (χ1) is 17.0. The van der Waals surface area contributed by atoms with Crippen molar-refractivity contribution in [3.05, 3.63) is 18.2 Å². The van der Waals surface area contributed by atoms with Gasteiger partial charge < -0.3 is 43.2 Å². The molecule has 1 aromatic heterocycles. The van der Waals surface area contributed by atoms with Crippen molar-refractivity contribution in [2.24, 2.45) is 23.1 Å². The Kier molecular flexibility index (Phi) is 13.1. The van der Waals surface area contributed by atoms with Crippen LogP contribution in [0, 0.1) is 5.92 Å². The molecule has 0 saturated heterocycles. The minimum Gasteiger partial charge on any atom is -0.480 e. The number of hydrogen-bond acceptors (Lipinski definition) is 8. The van der Waals surface area contributed by atoms with Gasteiger partial charge in [-0.3, -0.25) is 19.2 Å². The van der Waals surface area contributed by atoms with Crippen LogP contribution in [-0.2, 0) is 30.4 Å². The van der Waals surface area contributed by atoms with E-state index in [-0.39, 0.29) is 31.6 Å². The smallest absolute Gasteiger partial charge is 0.326 e. The number of hydrogen-bond donors (Lipinski definition) is 8. The highest BCUT2D eigenvalue weighted by Crippen LogP contribution is 2.07. The van der Waals surface area contributed by atoms with Crippen LogP contribution in [0.5, 0.6) is 0 Å². The maximum Gasteiger partial charge on any atom is 0.326 e. The SMILES string of the molecule is CC(C)C(N)C(=O)NC(Cc1cnc[nH]1)C(=O)NC(CCCCN)C(=O)NC(CCC(N)=O)C(=O)O. The normalized spacial score (nSPS) is 14.4. The summed E-state index contributed by atoms with van der Waals surface area (Å²) in [5.41, 5.74) is 17.1. The lowest BCUT2D eigenvalue weighted by Gasteiger charge is -2.25. The van der Waals surface area contributed by atoms with Gasteiger partial charge in [-0.05, 0) is 38.1 Å². The number of imidazole rings is 1. The summed E-state index contributed by atoms with van der Waals surface area (Å²) in [6.45, 7) is 3.90. The van der Waals surface area contributed by atoms with E-state index in [1.165, 1.54) is 12.5 Å². The number of amides is 4. The molecule has 4 amide bonds. The molecule has 0 aliphatic rings. The molecule has 0 spiro atoms. The number of carbonyl (C=O) groups is 5. The fourth-order valence-corrected chi connectivity index (χ4v) is 3.25. The van der Waals surface area contributed by atoms with Crippen LogP contribution in [0.2, 0.25) is 0 Å². The molecule has 0 aliphatic heterocycles. The molecule has 0 saturated carbocycles. The van der Waals surface area contributed by atoms with Gasteiger partial charge in [-0.2, -0.15) is 0 Å². The topological polar surface area (TPSA) is 248 Å². The van der Waals surface area contributed by atoms with Crippen LogP contribution in [0.1, 0.15) is 51.6 Å². The van der Waals surface area contributed by atoms with Gasteiger partial charge in [-0.1, -0.05) is 13.8 Å². The molecule has 0 fully saturated rings. The van der Waals surface area contributed by atoms with Gasteiger partial charge in [0.15, 0.2) is 0 Å². The average Bonchev–Trinajstić information content (AvgIpc) is 3.32. The number of nitrogens with two attached hydrogens (primary N) is 3. The lowest BCUT2D eigenvalue weighted by molar-refractivity contribution is -0.142. The molecule has 0 aliphatic carbocycles. The van der Waals surface area contributed by atoms with Crippen LogP contribution in [0.25, 0.3) is 0 Å². The number of carboxylic acid groups (broad SMARTS) is 1. The molecule has 4 atom stereocenters. The van der Waals surface area contributed by atoms with E-state index in [9.17, 15) is 29.1 Å². The summed E-state index contributed by atoms with van der Waals surface area (Å²) < 4.78 is 0. The Labute approximate surface area is 209 Å². The van der Waals surface area contributed by atoms with E-state index in [4.69, 9.17) is 17.2 Å². The van der Waals surface area contributed by atoms with E-state index >= 15 is 0 Å². The van der Waals surface area contributed by atoms with Gasteiger partial charge in [-0.15, -0.1) is 0 Å². The standard InChI is InChI=1S/C22H38N8O6/c1-12(2)18(25)21(34)30-16(9-13-10-26-11-27-13)20(33)28-14(5-3-4-8-23)19(32)29-15(22(35)36)6-7-17(24)31/h10-12,14-16,18H,3-9,23,25H2,1-2H3,(H2,24,31)(H,26,27)(H,28,33)(H,29,32)(H,30,34)(H,35,36). The average molecular weight is 511 g/mol. The van der Waals surface area contributed by atoms with E-state index in [1.54, 1.807) is 13.8 Å². The van der Waals surface area contributed by atoms with Crippen molar-refractivity contribution in [2.45, 2.75) is 76.5 Å². The van der Waals surface area contributed by atoms with Crippen LogP contribution in [0.15, 0.2) is 12.5 Å². The third-order valence-corrected chi connectivity index (χ3v) is 5.51. The Morgan fingerprint density at radius 1 is 0.972 bits per heavy atom. The maximum atomic E-state index is 13.2. The van der Waals surface area contributed by atoms with Gasteiger partial charge in [0.05, 0.1) is 12.4 Å². The van der Waals surface area contributed by atoms with Crippen LogP contribution in [0.4, 0.5) is 0 Å². The van der Waals surface area contributed by atoms with Crippen LogP contribution in [-0.4, -0.2) is 75.4 Å². The Morgan fingerprint density at radius 2 is 1.58 bits per heavy atom. The molecule has 14 heteroatoms. The monoisotopic (exact) mass is 510 g/mol. The molecule has 0 aromatic carbocycles. The number of nitrogens with one attached hydrogen (secondary N) is 4. The molecule has 0 bridgehead atoms. The van der Waals surface area contributed by atoms with Crippen molar-refractivity contribution in [3.8, 4) is 0 Å². The predicted octanol–water partition coefficient (Wildman–Crippen LogP) is -2.13. The van der Waals surface area contributed by atoms with Gasteiger partial charge in [0, 0.05) is 24.7 Å². The molecule has 11 N–H and O–H groups in total. The number of primary amides is 1. The van der Waals surface area contributed by atoms with Crippen molar-refractivity contribution < 1.29 is 29.1 Å². The van der Waals surface area contributed by atoms with Gasteiger partial charge in [-0.25, -0.2) is 9.78 Å².